The molecule has 0 radical (unpaired) electrons. The van der Waals surface area contributed by atoms with Gasteiger partial charge in [-0.25, -0.2) is 4.79 Å². The fraction of sp³-hybridized carbons (Fsp3) is 0.125. The first kappa shape index (κ1) is 10.5. The maximum Gasteiger partial charge on any atom is 0.336 e. The van der Waals surface area contributed by atoms with Gasteiger partial charge in [0.15, 0.2) is 0 Å². The van der Waals surface area contributed by atoms with Gasteiger partial charge in [-0.3, -0.25) is 10.1 Å². The van der Waals surface area contributed by atoms with Crippen molar-refractivity contribution in [1.29, 1.82) is 0 Å². The third-order valence-corrected chi connectivity index (χ3v) is 1.83. The molecular formula is C8H6ClNO4. The van der Waals surface area contributed by atoms with Gasteiger partial charge in [-0.05, 0) is 18.2 Å². The van der Waals surface area contributed by atoms with E-state index in [2.05, 4.69) is 0 Å². The van der Waals surface area contributed by atoms with Gasteiger partial charge < -0.3 is 5.11 Å². The van der Waals surface area contributed by atoms with Gasteiger partial charge in [0, 0.05) is 15.5 Å². The van der Waals surface area contributed by atoms with Crippen molar-refractivity contribution in [2.45, 2.75) is 6.54 Å². The zero-order chi connectivity index (χ0) is 10.7. The Labute approximate surface area is 84.1 Å². The minimum atomic E-state index is -1.20. The normalized spacial score (nSPS) is 9.79. The first-order chi connectivity index (χ1) is 6.50. The maximum absolute atomic E-state index is 10.6. The molecule has 1 N–H and O–H groups in total. The molecule has 0 amide bonds. The third kappa shape index (κ3) is 2.43. The Bertz CT molecular complexity index is 391. The van der Waals surface area contributed by atoms with Crippen LogP contribution in [0.15, 0.2) is 18.2 Å². The number of nitro groups is 1. The fourth-order valence-electron chi connectivity index (χ4n) is 1.04. The topological polar surface area (TPSA) is 80.4 Å². The van der Waals surface area contributed by atoms with Crippen LogP contribution in [0.2, 0.25) is 5.02 Å². The van der Waals surface area contributed by atoms with Crippen LogP contribution in [0.4, 0.5) is 0 Å². The zero-order valence-corrected chi connectivity index (χ0v) is 7.69. The summed E-state index contributed by atoms with van der Waals surface area (Å²) in [5.41, 5.74) is 0.0149. The molecule has 0 fully saturated rings. The standard InChI is InChI=1S/C8H6ClNO4/c9-6-1-2-7(8(11)12)5(3-6)4-10(13)14/h1-3H,4H2,(H,11,12). The molecule has 0 aliphatic rings. The van der Waals surface area contributed by atoms with Gasteiger partial charge in [0.25, 0.3) is 0 Å². The number of rotatable bonds is 3. The highest BCUT2D eigenvalue weighted by molar-refractivity contribution is 6.30. The number of carbonyl (C=O) groups is 1. The highest BCUT2D eigenvalue weighted by Crippen LogP contribution is 2.16. The number of nitrogens with zero attached hydrogens (tertiary/aromatic N) is 1. The number of hydrogen-bond acceptors (Lipinski definition) is 3. The molecule has 0 saturated carbocycles. The SMILES string of the molecule is O=C(O)c1ccc(Cl)cc1C[N+](=O)[O-]. The minimum Gasteiger partial charge on any atom is -0.478 e. The van der Waals surface area contributed by atoms with Gasteiger partial charge in [-0.2, -0.15) is 0 Å². The van der Waals surface area contributed by atoms with E-state index in [1.807, 2.05) is 0 Å². The summed E-state index contributed by atoms with van der Waals surface area (Å²) in [6, 6.07) is 3.92. The lowest BCUT2D eigenvalue weighted by atomic mass is 10.1. The van der Waals surface area contributed by atoms with E-state index in [9.17, 15) is 14.9 Å². The molecule has 14 heavy (non-hydrogen) atoms. The van der Waals surface area contributed by atoms with Crippen LogP contribution >= 0.6 is 11.6 Å². The second-order valence-corrected chi connectivity index (χ2v) is 3.03. The summed E-state index contributed by atoms with van der Waals surface area (Å²) in [5, 5.41) is 19.2. The van der Waals surface area contributed by atoms with Gasteiger partial charge in [0.05, 0.1) is 5.56 Å². The van der Waals surface area contributed by atoms with E-state index in [0.717, 1.165) is 0 Å². The summed E-state index contributed by atoms with van der Waals surface area (Å²) < 4.78 is 0. The summed E-state index contributed by atoms with van der Waals surface area (Å²) >= 11 is 5.59. The Morgan fingerprint density at radius 1 is 1.57 bits per heavy atom. The van der Waals surface area contributed by atoms with E-state index >= 15 is 0 Å². The van der Waals surface area contributed by atoms with Gasteiger partial charge >= 0.3 is 5.97 Å². The molecule has 0 spiro atoms. The molecule has 74 valence electrons. The summed E-state index contributed by atoms with van der Waals surface area (Å²) in [4.78, 5) is 20.3. The van der Waals surface area contributed by atoms with Gasteiger partial charge in [-0.15, -0.1) is 0 Å². The second kappa shape index (κ2) is 4.06. The molecule has 1 aromatic carbocycles. The summed E-state index contributed by atoms with van der Waals surface area (Å²) in [6.45, 7) is -0.539. The van der Waals surface area contributed by atoms with Crippen LogP contribution < -0.4 is 0 Å². The molecule has 5 nitrogen and oxygen atoms in total. The largest absolute Gasteiger partial charge is 0.478 e. The summed E-state index contributed by atoms with van der Waals surface area (Å²) in [5.74, 6) is -1.20. The number of benzene rings is 1. The average Bonchev–Trinajstić information content (AvgIpc) is 2.01. The minimum absolute atomic E-state index is 0.0916. The van der Waals surface area contributed by atoms with Crippen LogP contribution in [-0.4, -0.2) is 16.0 Å². The van der Waals surface area contributed by atoms with Crippen molar-refractivity contribution in [3.8, 4) is 0 Å². The van der Waals surface area contributed by atoms with Crippen molar-refractivity contribution in [3.63, 3.8) is 0 Å². The van der Waals surface area contributed by atoms with E-state index in [-0.39, 0.29) is 16.1 Å². The Balaban J connectivity index is 3.15. The van der Waals surface area contributed by atoms with E-state index in [4.69, 9.17) is 16.7 Å². The maximum atomic E-state index is 10.6. The lowest BCUT2D eigenvalue weighted by Crippen LogP contribution is -2.06. The molecule has 0 aliphatic carbocycles. The number of aromatic carboxylic acids is 1. The lowest BCUT2D eigenvalue weighted by Gasteiger charge is -2.01. The average molecular weight is 216 g/mol. The molecule has 0 saturated heterocycles. The predicted octanol–water partition coefficient (Wildman–Crippen LogP) is 1.81. The van der Waals surface area contributed by atoms with Crippen LogP contribution in [-0.2, 0) is 6.54 Å². The van der Waals surface area contributed by atoms with Crippen LogP contribution in [0.5, 0.6) is 0 Å². The Morgan fingerprint density at radius 3 is 2.71 bits per heavy atom. The Morgan fingerprint density at radius 2 is 2.21 bits per heavy atom. The number of carboxylic acids is 1. The van der Waals surface area contributed by atoms with Crippen LogP contribution in [0.3, 0.4) is 0 Å². The highest BCUT2D eigenvalue weighted by Gasteiger charge is 2.14. The molecule has 1 aromatic rings. The molecule has 6 heteroatoms. The number of halogens is 1. The van der Waals surface area contributed by atoms with Crippen molar-refractivity contribution < 1.29 is 14.8 Å². The van der Waals surface area contributed by atoms with Crippen molar-refractivity contribution >= 4 is 17.6 Å². The van der Waals surface area contributed by atoms with Gasteiger partial charge in [0.1, 0.15) is 0 Å². The van der Waals surface area contributed by atoms with Crippen LogP contribution in [0.25, 0.3) is 0 Å². The van der Waals surface area contributed by atoms with Crippen molar-refractivity contribution in [2.24, 2.45) is 0 Å². The summed E-state index contributed by atoms with van der Waals surface area (Å²) in [7, 11) is 0. The molecule has 0 atom stereocenters. The van der Waals surface area contributed by atoms with E-state index in [1.54, 1.807) is 0 Å². The van der Waals surface area contributed by atoms with Crippen molar-refractivity contribution in [1.82, 2.24) is 0 Å². The van der Waals surface area contributed by atoms with E-state index < -0.39 is 17.4 Å². The molecule has 0 heterocycles. The lowest BCUT2D eigenvalue weighted by molar-refractivity contribution is -0.496. The van der Waals surface area contributed by atoms with Gasteiger partial charge in [0.2, 0.25) is 6.54 Å². The Kier molecular flexibility index (Phi) is 3.03. The molecule has 0 aromatic heterocycles. The molecule has 0 aliphatic heterocycles. The first-order valence-electron chi connectivity index (χ1n) is 3.64. The number of hydrogen-bond donors (Lipinski definition) is 1. The quantitative estimate of drug-likeness (QED) is 0.616. The van der Waals surface area contributed by atoms with E-state index in [0.29, 0.717) is 0 Å². The molecule has 0 unspecified atom stereocenters. The Hall–Kier alpha value is -1.62. The zero-order valence-electron chi connectivity index (χ0n) is 6.94. The number of carboxylic acid groups (broad SMARTS) is 1. The molecular weight excluding hydrogens is 210 g/mol. The van der Waals surface area contributed by atoms with Gasteiger partial charge in [-0.1, -0.05) is 11.6 Å². The van der Waals surface area contributed by atoms with Crippen LogP contribution in [0, 0.1) is 10.1 Å². The monoisotopic (exact) mass is 215 g/mol. The fourth-order valence-corrected chi connectivity index (χ4v) is 1.24. The second-order valence-electron chi connectivity index (χ2n) is 2.60. The highest BCUT2D eigenvalue weighted by atomic mass is 35.5. The van der Waals surface area contributed by atoms with Crippen molar-refractivity contribution in [3.05, 3.63) is 44.5 Å². The molecule has 1 rings (SSSR count). The van der Waals surface area contributed by atoms with Crippen LogP contribution in [0.1, 0.15) is 15.9 Å². The van der Waals surface area contributed by atoms with Crippen molar-refractivity contribution in [2.75, 3.05) is 0 Å². The smallest absolute Gasteiger partial charge is 0.336 e. The predicted molar refractivity (Wildman–Crippen MR) is 49.1 cm³/mol. The van der Waals surface area contributed by atoms with E-state index in [1.165, 1.54) is 18.2 Å². The molecule has 0 bridgehead atoms. The summed E-state index contributed by atoms with van der Waals surface area (Å²) in [6.07, 6.45) is 0. The third-order valence-electron chi connectivity index (χ3n) is 1.60. The first-order valence-corrected chi connectivity index (χ1v) is 4.02.